The number of aliphatic hydroxyl groups excluding tert-OH is 2. The van der Waals surface area contributed by atoms with Gasteiger partial charge in [-0.3, -0.25) is 0 Å². The summed E-state index contributed by atoms with van der Waals surface area (Å²) in [6, 6.07) is 49.4. The third-order valence-corrected chi connectivity index (χ3v) is 14.5. The molecule has 0 aliphatic carbocycles. The van der Waals surface area contributed by atoms with E-state index in [2.05, 4.69) is 188 Å². The van der Waals surface area contributed by atoms with E-state index < -0.39 is 12.2 Å². The van der Waals surface area contributed by atoms with Gasteiger partial charge >= 0.3 is 0 Å². The fraction of sp³-hybridized carbons (Fsp3) is 0.290. The van der Waals surface area contributed by atoms with Gasteiger partial charge in [-0.15, -0.1) is 0 Å². The van der Waals surface area contributed by atoms with E-state index in [9.17, 15) is 10.2 Å². The lowest BCUT2D eigenvalue weighted by Gasteiger charge is -2.15. The van der Waals surface area contributed by atoms with E-state index in [0.717, 1.165) is 116 Å². The molecule has 12 heteroatoms. The molecule has 8 heterocycles. The third kappa shape index (κ3) is 15.7. The van der Waals surface area contributed by atoms with Crippen LogP contribution >= 0.6 is 0 Å². The van der Waals surface area contributed by atoms with Crippen LogP contribution < -0.4 is 11.5 Å². The summed E-state index contributed by atoms with van der Waals surface area (Å²) >= 11 is 0. The summed E-state index contributed by atoms with van der Waals surface area (Å²) in [5, 5.41) is 21.8. The summed E-state index contributed by atoms with van der Waals surface area (Å²) in [6.45, 7) is 25.0. The number of aromatic nitrogens is 8. The molecule has 12 nitrogen and oxygen atoms in total. The number of aliphatic hydroxyl groups is 2. The Hall–Kier alpha value is -8.45. The Kier molecular flexibility index (Phi) is 19.0. The summed E-state index contributed by atoms with van der Waals surface area (Å²) in [5.74, 6) is 3.94. The maximum atomic E-state index is 11.2. The lowest BCUT2D eigenvalue weighted by atomic mass is 9.99. The number of anilines is 2. The van der Waals surface area contributed by atoms with Crippen molar-refractivity contribution in [2.24, 2.45) is 0 Å². The Morgan fingerprint density at radius 2 is 0.667 bits per heavy atom. The van der Waals surface area contributed by atoms with Crippen molar-refractivity contribution in [1.29, 1.82) is 0 Å². The molecule has 2 unspecified atom stereocenters. The van der Waals surface area contributed by atoms with Crippen LogP contribution in [0.25, 0.3) is 17.5 Å². The first-order chi connectivity index (χ1) is 38.6. The van der Waals surface area contributed by atoms with E-state index in [0.29, 0.717) is 24.5 Å². The normalized spacial score (nSPS) is 11.9. The van der Waals surface area contributed by atoms with E-state index in [1.807, 2.05) is 69.3 Å². The van der Waals surface area contributed by atoms with Crippen molar-refractivity contribution in [2.45, 2.75) is 134 Å². The quantitative estimate of drug-likeness (QED) is 0.0780. The Bertz CT molecular complexity index is 3670. The van der Waals surface area contributed by atoms with Gasteiger partial charge in [0.15, 0.2) is 0 Å². The zero-order valence-corrected chi connectivity index (χ0v) is 49.4. The molecular weight excluding hydrogens is 1000 g/mol. The van der Waals surface area contributed by atoms with E-state index in [1.165, 1.54) is 39.5 Å². The predicted molar refractivity (Wildman–Crippen MR) is 330 cm³/mol. The van der Waals surface area contributed by atoms with Gasteiger partial charge in [-0.2, -0.15) is 0 Å². The molecule has 10 rings (SSSR count). The lowest BCUT2D eigenvalue weighted by molar-refractivity contribution is 0.177. The minimum absolute atomic E-state index is 0.436. The number of rotatable bonds is 15. The van der Waals surface area contributed by atoms with Gasteiger partial charge in [0.05, 0.1) is 12.2 Å². The fourth-order valence-electron chi connectivity index (χ4n) is 10.8. The van der Waals surface area contributed by atoms with Gasteiger partial charge in [0, 0.05) is 75.5 Å². The average Bonchev–Trinajstić information content (AvgIpc) is 4.06. The number of benzene rings is 2. The van der Waals surface area contributed by atoms with Gasteiger partial charge in [-0.05, 0) is 256 Å². The molecule has 0 spiro atoms. The van der Waals surface area contributed by atoms with Crippen LogP contribution in [-0.4, -0.2) is 48.8 Å². The minimum Gasteiger partial charge on any atom is -0.388 e. The summed E-state index contributed by atoms with van der Waals surface area (Å²) in [4.78, 5) is 23.1. The monoisotopic (exact) mass is 1080 g/mol. The van der Waals surface area contributed by atoms with Crippen molar-refractivity contribution in [2.75, 3.05) is 11.5 Å². The van der Waals surface area contributed by atoms with Crippen LogP contribution in [0.15, 0.2) is 146 Å². The van der Waals surface area contributed by atoms with E-state index in [-0.39, 0.29) is 0 Å². The molecule has 6 N–H and O–H groups in total. The number of nitrogens with two attached hydrogens (primary N) is 2. The number of nitrogens with zero attached hydrogens (tertiary/aromatic N) is 8. The first-order valence-electron chi connectivity index (χ1n) is 28.0. The minimum atomic E-state index is -0.623. The van der Waals surface area contributed by atoms with Gasteiger partial charge in [0.1, 0.15) is 29.1 Å². The zero-order valence-electron chi connectivity index (χ0n) is 49.4. The van der Waals surface area contributed by atoms with Gasteiger partial charge < -0.3 is 35.4 Å². The van der Waals surface area contributed by atoms with Gasteiger partial charge in [0.2, 0.25) is 0 Å². The number of hydrogen-bond acceptors (Lipinski definition) is 9. The Morgan fingerprint density at radius 1 is 0.346 bits per heavy atom. The second-order valence-electron chi connectivity index (χ2n) is 22.0. The maximum Gasteiger partial charge on any atom is 0.137 e. The summed E-state index contributed by atoms with van der Waals surface area (Å²) < 4.78 is 6.55. The van der Waals surface area contributed by atoms with E-state index in [1.54, 1.807) is 0 Å². The Morgan fingerprint density at radius 3 is 1.06 bits per heavy atom. The van der Waals surface area contributed by atoms with Gasteiger partial charge in [0.25, 0.3) is 0 Å². The molecule has 81 heavy (non-hydrogen) atoms. The lowest BCUT2D eigenvalue weighted by Crippen LogP contribution is -2.08. The maximum absolute atomic E-state index is 11.2. The highest BCUT2D eigenvalue weighted by Crippen LogP contribution is 2.25. The topological polar surface area (TPSA) is 172 Å². The molecule has 0 radical (unpaired) electrons. The average molecular weight is 1080 g/mol. The fourth-order valence-corrected chi connectivity index (χ4v) is 10.8. The summed E-state index contributed by atoms with van der Waals surface area (Å²) in [6.07, 6.45) is 3.01. The SMILES string of the molecule is Cc1cc(C)nc(-n2c(C)ccc2C)c1.Cc1cc(CCc2cccc(C(O)Cc3cc(C)cc(-n4c(C)ccc4C)n3)c2)nc(-n2c(C)ccc2C)c1.Cc1cc(N)nc(CCc2cccc(C(O)Cc3cc(C)cc(N)n3)c2)c1. The molecule has 0 saturated heterocycles. The van der Waals surface area contributed by atoms with E-state index >= 15 is 0 Å². The van der Waals surface area contributed by atoms with Gasteiger partial charge in [-0.1, -0.05) is 48.5 Å². The highest BCUT2D eigenvalue weighted by molar-refractivity contribution is 5.41. The third-order valence-electron chi connectivity index (χ3n) is 14.5. The zero-order chi connectivity index (χ0) is 58.1. The second-order valence-corrected chi connectivity index (χ2v) is 22.0. The van der Waals surface area contributed by atoms with Crippen molar-refractivity contribution in [3.8, 4) is 17.5 Å². The van der Waals surface area contributed by atoms with Crippen molar-refractivity contribution in [3.63, 3.8) is 0 Å². The molecule has 418 valence electrons. The van der Waals surface area contributed by atoms with Crippen LogP contribution in [0.3, 0.4) is 0 Å². The molecule has 2 aromatic carbocycles. The van der Waals surface area contributed by atoms with Crippen molar-refractivity contribution >= 4 is 11.6 Å². The molecule has 0 aliphatic rings. The van der Waals surface area contributed by atoms with Crippen LogP contribution in [0.2, 0.25) is 0 Å². The number of hydrogen-bond donors (Lipinski definition) is 4. The first kappa shape index (κ1) is 58.7. The van der Waals surface area contributed by atoms with Crippen molar-refractivity contribution < 1.29 is 10.2 Å². The van der Waals surface area contributed by atoms with Crippen LogP contribution in [-0.2, 0) is 38.5 Å². The number of nitrogen functional groups attached to an aromatic ring is 2. The number of aryl methyl sites for hydroxylation is 16. The molecular formula is C69H80N10O2. The molecule has 0 amide bonds. The summed E-state index contributed by atoms with van der Waals surface area (Å²) in [7, 11) is 0. The standard InChI is InChI=1S/C34H38N4O.C22H26N4O.C13H16N2/c1-22-16-30(35-33(18-22)37-24(3)10-11-25(37)4)15-14-28-8-7-9-29(20-28)32(39)21-31-17-23(2)19-34(36-31)38-26(5)12-13-27(38)6;1-14-8-18(25-21(23)10-14)7-6-16-4-3-5-17(12-16)20(27)13-19-9-15(2)11-22(24)26-19;1-9-7-10(2)14-13(8-9)15-11(3)5-6-12(15)4/h7-13,16-20,32,39H,14-15,21H2,1-6H3;3-5,8-12,20,27H,6-7,13H2,1-2H3,(H2,23,25)(H2,24,26);5-8H,1-4H3. The van der Waals surface area contributed by atoms with Crippen LogP contribution in [0, 0.1) is 83.1 Å². The molecule has 0 fully saturated rings. The molecule has 0 aliphatic heterocycles. The first-order valence-corrected chi connectivity index (χ1v) is 28.0. The van der Waals surface area contributed by atoms with Crippen LogP contribution in [0.4, 0.5) is 11.6 Å². The largest absolute Gasteiger partial charge is 0.388 e. The highest BCUT2D eigenvalue weighted by atomic mass is 16.3. The van der Waals surface area contributed by atoms with Gasteiger partial charge in [-0.25, -0.2) is 24.9 Å². The van der Waals surface area contributed by atoms with Crippen molar-refractivity contribution in [1.82, 2.24) is 38.6 Å². The van der Waals surface area contributed by atoms with E-state index in [4.69, 9.17) is 21.4 Å². The molecule has 8 aromatic heterocycles. The molecule has 10 aromatic rings. The smallest absolute Gasteiger partial charge is 0.137 e. The highest BCUT2D eigenvalue weighted by Gasteiger charge is 2.16. The Balaban J connectivity index is 0.000000176. The second kappa shape index (κ2) is 26.2. The molecule has 0 saturated carbocycles. The predicted octanol–water partition coefficient (Wildman–Crippen LogP) is 13.4. The Labute approximate surface area is 479 Å². The summed E-state index contributed by atoms with van der Waals surface area (Å²) in [5.41, 5.74) is 33.5. The van der Waals surface area contributed by atoms with Crippen molar-refractivity contribution in [3.05, 3.63) is 258 Å². The van der Waals surface area contributed by atoms with Crippen LogP contribution in [0.5, 0.6) is 0 Å². The molecule has 2 atom stereocenters. The number of pyridine rings is 5. The molecule has 0 bridgehead atoms. The van der Waals surface area contributed by atoms with Crippen LogP contribution in [0.1, 0.15) is 125 Å².